The quantitative estimate of drug-likeness (QED) is 0.900. The Bertz CT molecular complexity index is 575. The highest BCUT2D eigenvalue weighted by molar-refractivity contribution is 5.95. The number of ether oxygens (including phenoxy) is 2. The fourth-order valence-electron chi connectivity index (χ4n) is 2.88. The second-order valence-corrected chi connectivity index (χ2v) is 7.14. The van der Waals surface area contributed by atoms with Crippen LogP contribution in [0.25, 0.3) is 0 Å². The topological polar surface area (TPSA) is 64.8 Å². The fraction of sp³-hybridized carbons (Fsp3) is 0.611. The molecular formula is C18H29ClN2O3. The van der Waals surface area contributed by atoms with Crippen LogP contribution in [0.2, 0.25) is 0 Å². The van der Waals surface area contributed by atoms with Crippen LogP contribution < -0.4 is 15.2 Å². The second kappa shape index (κ2) is 8.08. The number of nitrogens with zero attached hydrogens (tertiary/aromatic N) is 1. The molecule has 1 amide bonds. The highest BCUT2D eigenvalue weighted by Gasteiger charge is 2.35. The minimum absolute atomic E-state index is 0. The van der Waals surface area contributed by atoms with Crippen molar-refractivity contribution in [3.05, 3.63) is 23.8 Å². The van der Waals surface area contributed by atoms with Gasteiger partial charge in [-0.25, -0.2) is 0 Å². The number of nitrogens with two attached hydrogens (primary N) is 1. The van der Waals surface area contributed by atoms with E-state index in [-0.39, 0.29) is 35.9 Å². The van der Waals surface area contributed by atoms with Gasteiger partial charge in [-0.2, -0.15) is 0 Å². The average molecular weight is 357 g/mol. The van der Waals surface area contributed by atoms with Gasteiger partial charge in [0.05, 0.1) is 13.2 Å². The molecule has 0 bridgehead atoms. The maximum Gasteiger partial charge on any atom is 0.254 e. The first kappa shape index (κ1) is 20.6. The van der Waals surface area contributed by atoms with Crippen LogP contribution in [0.5, 0.6) is 11.5 Å². The molecule has 1 aromatic carbocycles. The number of likely N-dealkylation sites (tertiary alicyclic amines) is 1. The smallest absolute Gasteiger partial charge is 0.254 e. The van der Waals surface area contributed by atoms with E-state index >= 15 is 0 Å². The van der Waals surface area contributed by atoms with E-state index in [0.29, 0.717) is 30.2 Å². The van der Waals surface area contributed by atoms with E-state index in [9.17, 15) is 4.79 Å². The summed E-state index contributed by atoms with van der Waals surface area (Å²) in [5.74, 6) is 1.25. The molecule has 1 saturated heterocycles. The first-order valence-corrected chi connectivity index (χ1v) is 8.14. The van der Waals surface area contributed by atoms with Crippen molar-refractivity contribution < 1.29 is 14.3 Å². The summed E-state index contributed by atoms with van der Waals surface area (Å²) in [6.07, 6.45) is 0.875. The zero-order valence-corrected chi connectivity index (χ0v) is 16.0. The zero-order valence-electron chi connectivity index (χ0n) is 15.2. The van der Waals surface area contributed by atoms with Gasteiger partial charge in [0.15, 0.2) is 11.5 Å². The first-order chi connectivity index (χ1) is 10.7. The number of methoxy groups -OCH3 is 1. The van der Waals surface area contributed by atoms with Crippen LogP contribution in [0, 0.1) is 5.41 Å². The van der Waals surface area contributed by atoms with Crippen LogP contribution >= 0.6 is 12.4 Å². The van der Waals surface area contributed by atoms with Crippen molar-refractivity contribution in [1.82, 2.24) is 4.90 Å². The second-order valence-electron chi connectivity index (χ2n) is 7.14. The SMILES string of the molecule is COc1cc(C(=O)N2CCC(N)C(C)(C)C2)ccc1OC(C)C.Cl. The zero-order chi connectivity index (χ0) is 17.2. The van der Waals surface area contributed by atoms with Crippen molar-refractivity contribution in [2.75, 3.05) is 20.2 Å². The van der Waals surface area contributed by atoms with Crippen LogP contribution in [0.15, 0.2) is 18.2 Å². The van der Waals surface area contributed by atoms with Gasteiger partial charge in [0.1, 0.15) is 0 Å². The third kappa shape index (κ3) is 4.54. The van der Waals surface area contributed by atoms with Gasteiger partial charge in [-0.15, -0.1) is 12.4 Å². The van der Waals surface area contributed by atoms with Crippen LogP contribution in [0.1, 0.15) is 44.5 Å². The lowest BCUT2D eigenvalue weighted by Gasteiger charge is -2.42. The molecule has 1 atom stereocenters. The van der Waals surface area contributed by atoms with Crippen molar-refractivity contribution in [1.29, 1.82) is 0 Å². The standard InChI is InChI=1S/C18H28N2O3.ClH/c1-12(2)23-14-7-6-13(10-15(14)22-5)17(21)20-9-8-16(19)18(3,4)11-20;/h6-7,10,12,16H,8-9,11,19H2,1-5H3;1H. The molecule has 1 aliphatic heterocycles. The Labute approximate surface area is 150 Å². The molecule has 0 saturated carbocycles. The predicted molar refractivity (Wildman–Crippen MR) is 98.3 cm³/mol. The van der Waals surface area contributed by atoms with Crippen molar-refractivity contribution >= 4 is 18.3 Å². The Morgan fingerprint density at radius 2 is 2.00 bits per heavy atom. The number of hydrogen-bond donors (Lipinski definition) is 1. The van der Waals surface area contributed by atoms with Crippen LogP contribution in [-0.4, -0.2) is 43.2 Å². The van der Waals surface area contributed by atoms with E-state index in [1.54, 1.807) is 25.3 Å². The predicted octanol–water partition coefficient (Wildman–Crippen LogP) is 3.10. The molecule has 1 unspecified atom stereocenters. The Morgan fingerprint density at radius 1 is 1.33 bits per heavy atom. The van der Waals surface area contributed by atoms with Gasteiger partial charge in [-0.3, -0.25) is 4.79 Å². The third-order valence-corrected chi connectivity index (χ3v) is 4.37. The Hall–Kier alpha value is -1.46. The monoisotopic (exact) mass is 356 g/mol. The summed E-state index contributed by atoms with van der Waals surface area (Å²) >= 11 is 0. The van der Waals surface area contributed by atoms with Gasteiger partial charge >= 0.3 is 0 Å². The Kier molecular flexibility index (Phi) is 6.93. The van der Waals surface area contributed by atoms with E-state index in [4.69, 9.17) is 15.2 Å². The molecule has 2 rings (SSSR count). The summed E-state index contributed by atoms with van der Waals surface area (Å²) in [6.45, 7) is 9.49. The molecule has 6 heteroatoms. The number of amides is 1. The van der Waals surface area contributed by atoms with Gasteiger partial charge in [0.2, 0.25) is 0 Å². The molecule has 5 nitrogen and oxygen atoms in total. The third-order valence-electron chi connectivity index (χ3n) is 4.37. The number of carbonyl (C=O) groups excluding carboxylic acids is 1. The van der Waals surface area contributed by atoms with E-state index in [2.05, 4.69) is 13.8 Å². The summed E-state index contributed by atoms with van der Waals surface area (Å²) in [5, 5.41) is 0. The highest BCUT2D eigenvalue weighted by Crippen LogP contribution is 2.32. The van der Waals surface area contributed by atoms with Gasteiger partial charge in [0.25, 0.3) is 5.91 Å². The largest absolute Gasteiger partial charge is 0.493 e. The minimum Gasteiger partial charge on any atom is -0.493 e. The number of rotatable bonds is 4. The molecular weight excluding hydrogens is 328 g/mol. The minimum atomic E-state index is -0.0707. The van der Waals surface area contributed by atoms with E-state index in [1.165, 1.54) is 0 Å². The summed E-state index contributed by atoms with van der Waals surface area (Å²) in [5.41, 5.74) is 6.70. The lowest BCUT2D eigenvalue weighted by Crippen LogP contribution is -2.54. The average Bonchev–Trinajstić information content (AvgIpc) is 2.49. The van der Waals surface area contributed by atoms with Crippen LogP contribution in [-0.2, 0) is 0 Å². The summed E-state index contributed by atoms with van der Waals surface area (Å²) < 4.78 is 11.1. The molecule has 1 aliphatic rings. The maximum atomic E-state index is 12.8. The number of halogens is 1. The van der Waals surface area contributed by atoms with Gasteiger partial charge in [-0.05, 0) is 43.9 Å². The fourth-order valence-corrected chi connectivity index (χ4v) is 2.88. The van der Waals surface area contributed by atoms with E-state index < -0.39 is 0 Å². The number of hydrogen-bond acceptors (Lipinski definition) is 4. The molecule has 2 N–H and O–H groups in total. The Balaban J connectivity index is 0.00000288. The van der Waals surface area contributed by atoms with E-state index in [0.717, 1.165) is 6.42 Å². The molecule has 1 aromatic rings. The molecule has 136 valence electrons. The maximum absolute atomic E-state index is 12.8. The molecule has 1 heterocycles. The molecule has 0 radical (unpaired) electrons. The highest BCUT2D eigenvalue weighted by atomic mass is 35.5. The lowest BCUT2D eigenvalue weighted by atomic mass is 9.79. The molecule has 0 spiro atoms. The van der Waals surface area contributed by atoms with Crippen LogP contribution in [0.3, 0.4) is 0 Å². The molecule has 1 fully saturated rings. The molecule has 0 aliphatic carbocycles. The van der Waals surface area contributed by atoms with Crippen molar-refractivity contribution in [2.45, 2.75) is 46.3 Å². The van der Waals surface area contributed by atoms with Gasteiger partial charge in [0, 0.05) is 24.7 Å². The number of carbonyl (C=O) groups is 1. The molecule has 24 heavy (non-hydrogen) atoms. The number of benzene rings is 1. The lowest BCUT2D eigenvalue weighted by molar-refractivity contribution is 0.0532. The summed E-state index contributed by atoms with van der Waals surface area (Å²) in [4.78, 5) is 14.7. The van der Waals surface area contributed by atoms with Gasteiger partial charge < -0.3 is 20.1 Å². The van der Waals surface area contributed by atoms with Crippen LogP contribution in [0.4, 0.5) is 0 Å². The summed E-state index contributed by atoms with van der Waals surface area (Å²) in [7, 11) is 1.58. The van der Waals surface area contributed by atoms with Gasteiger partial charge in [-0.1, -0.05) is 13.8 Å². The normalized spacial score (nSPS) is 19.6. The first-order valence-electron chi connectivity index (χ1n) is 8.14. The molecule has 0 aromatic heterocycles. The van der Waals surface area contributed by atoms with Crippen molar-refractivity contribution in [3.8, 4) is 11.5 Å². The Morgan fingerprint density at radius 3 is 2.54 bits per heavy atom. The summed E-state index contributed by atoms with van der Waals surface area (Å²) in [6, 6.07) is 5.47. The van der Waals surface area contributed by atoms with Crippen molar-refractivity contribution in [3.63, 3.8) is 0 Å². The number of piperidine rings is 1. The van der Waals surface area contributed by atoms with E-state index in [1.807, 2.05) is 18.7 Å². The van der Waals surface area contributed by atoms with Crippen molar-refractivity contribution in [2.24, 2.45) is 11.1 Å².